The number of ether oxygens (including phenoxy) is 1. The third kappa shape index (κ3) is 3.35. The van der Waals surface area contributed by atoms with Crippen molar-refractivity contribution in [3.8, 4) is 5.75 Å². The van der Waals surface area contributed by atoms with Crippen molar-refractivity contribution in [3.63, 3.8) is 0 Å². The van der Waals surface area contributed by atoms with E-state index in [0.29, 0.717) is 12.2 Å². The minimum absolute atomic E-state index is 0.585. The van der Waals surface area contributed by atoms with Gasteiger partial charge in [0.25, 0.3) is 5.78 Å². The van der Waals surface area contributed by atoms with Gasteiger partial charge in [0.15, 0.2) is 5.82 Å². The summed E-state index contributed by atoms with van der Waals surface area (Å²) in [6.45, 7) is 1.95. The second-order valence-electron chi connectivity index (χ2n) is 6.04. The molecule has 0 aliphatic heterocycles. The van der Waals surface area contributed by atoms with Crippen LogP contribution in [0, 0.1) is 6.92 Å². The van der Waals surface area contributed by atoms with Gasteiger partial charge in [-0.05, 0) is 24.6 Å². The van der Waals surface area contributed by atoms with Gasteiger partial charge in [0, 0.05) is 29.9 Å². The lowest BCUT2D eigenvalue weighted by atomic mass is 10.1. The molecule has 130 valence electrons. The molecule has 2 aromatic carbocycles. The van der Waals surface area contributed by atoms with Crippen LogP contribution in [-0.4, -0.2) is 26.7 Å². The van der Waals surface area contributed by atoms with Crippen LogP contribution in [0.3, 0.4) is 0 Å². The zero-order chi connectivity index (χ0) is 17.9. The molecule has 4 rings (SSSR count). The van der Waals surface area contributed by atoms with Gasteiger partial charge in [-0.2, -0.15) is 9.50 Å². The van der Waals surface area contributed by atoms with Gasteiger partial charge < -0.3 is 10.1 Å². The van der Waals surface area contributed by atoms with Crippen LogP contribution in [0.4, 0.5) is 11.5 Å². The number of nitrogens with zero attached hydrogens (tertiary/aromatic N) is 4. The van der Waals surface area contributed by atoms with Crippen LogP contribution in [0.1, 0.15) is 17.1 Å². The fourth-order valence-corrected chi connectivity index (χ4v) is 2.82. The topological polar surface area (TPSA) is 64.3 Å². The predicted octanol–water partition coefficient (Wildman–Crippen LogP) is 3.78. The summed E-state index contributed by atoms with van der Waals surface area (Å²) in [6, 6.07) is 19.9. The summed E-state index contributed by atoms with van der Waals surface area (Å²) in [6.07, 6.45) is 0.668. The normalized spacial score (nSPS) is 10.8. The molecule has 1 N–H and O–H groups in total. The molecular formula is C20H19N5O. The average molecular weight is 345 g/mol. The van der Waals surface area contributed by atoms with Crippen molar-refractivity contribution in [1.29, 1.82) is 0 Å². The number of methoxy groups -OCH3 is 1. The number of hydrogen-bond donors (Lipinski definition) is 1. The Morgan fingerprint density at radius 2 is 1.85 bits per heavy atom. The Morgan fingerprint density at radius 1 is 1.00 bits per heavy atom. The Labute approximate surface area is 151 Å². The van der Waals surface area contributed by atoms with Crippen molar-refractivity contribution in [3.05, 3.63) is 77.7 Å². The molecule has 0 aliphatic carbocycles. The minimum Gasteiger partial charge on any atom is -0.497 e. The van der Waals surface area contributed by atoms with E-state index < -0.39 is 0 Å². The molecule has 0 unspecified atom stereocenters. The molecule has 0 saturated heterocycles. The highest BCUT2D eigenvalue weighted by atomic mass is 16.5. The van der Waals surface area contributed by atoms with E-state index in [0.717, 1.165) is 28.8 Å². The van der Waals surface area contributed by atoms with E-state index in [1.54, 1.807) is 11.6 Å². The first kappa shape index (κ1) is 16.1. The van der Waals surface area contributed by atoms with Crippen molar-refractivity contribution in [2.24, 2.45) is 0 Å². The maximum Gasteiger partial charge on any atom is 0.254 e. The molecular weight excluding hydrogens is 326 g/mol. The van der Waals surface area contributed by atoms with Crippen molar-refractivity contribution in [2.75, 3.05) is 12.4 Å². The molecule has 0 atom stereocenters. The van der Waals surface area contributed by atoms with Gasteiger partial charge in [-0.25, -0.2) is 4.98 Å². The van der Waals surface area contributed by atoms with E-state index in [9.17, 15) is 0 Å². The standard InChI is InChI=1S/C20H19N5O/c1-14-11-19(22-16-9-6-10-17(13-16)26-2)25-20(21-14)23-18(24-25)12-15-7-4-3-5-8-15/h3-11,13,22H,12H2,1-2H3. The van der Waals surface area contributed by atoms with Crippen LogP contribution in [-0.2, 0) is 6.42 Å². The first-order chi connectivity index (χ1) is 12.7. The second kappa shape index (κ2) is 6.84. The highest BCUT2D eigenvalue weighted by molar-refractivity contribution is 5.60. The van der Waals surface area contributed by atoms with Crippen molar-refractivity contribution < 1.29 is 4.74 Å². The van der Waals surface area contributed by atoms with Gasteiger partial charge in [-0.3, -0.25) is 0 Å². The number of anilines is 2. The van der Waals surface area contributed by atoms with Crippen LogP contribution in [0.5, 0.6) is 5.75 Å². The lowest BCUT2D eigenvalue weighted by Crippen LogP contribution is -2.03. The van der Waals surface area contributed by atoms with E-state index in [1.807, 2.05) is 55.5 Å². The summed E-state index contributed by atoms with van der Waals surface area (Å²) in [5, 5.41) is 8.02. The lowest BCUT2D eigenvalue weighted by Gasteiger charge is -2.09. The summed E-state index contributed by atoms with van der Waals surface area (Å²) in [5.41, 5.74) is 2.96. The monoisotopic (exact) mass is 345 g/mol. The molecule has 0 bridgehead atoms. The first-order valence-corrected chi connectivity index (χ1v) is 8.39. The van der Waals surface area contributed by atoms with Crippen LogP contribution < -0.4 is 10.1 Å². The Morgan fingerprint density at radius 3 is 2.65 bits per heavy atom. The van der Waals surface area contributed by atoms with Gasteiger partial charge in [-0.15, -0.1) is 5.10 Å². The van der Waals surface area contributed by atoms with Crippen molar-refractivity contribution in [1.82, 2.24) is 19.6 Å². The number of aromatic nitrogens is 4. The molecule has 0 aliphatic rings. The summed E-state index contributed by atoms with van der Waals surface area (Å²) in [4.78, 5) is 9.08. The number of benzene rings is 2. The number of fused-ring (bicyclic) bond motifs is 1. The quantitative estimate of drug-likeness (QED) is 0.596. The fourth-order valence-electron chi connectivity index (χ4n) is 2.82. The van der Waals surface area contributed by atoms with Crippen LogP contribution in [0.25, 0.3) is 5.78 Å². The number of rotatable bonds is 5. The van der Waals surface area contributed by atoms with E-state index in [-0.39, 0.29) is 0 Å². The van der Waals surface area contributed by atoms with Crippen LogP contribution in [0.2, 0.25) is 0 Å². The largest absolute Gasteiger partial charge is 0.497 e. The molecule has 2 aromatic heterocycles. The zero-order valence-electron chi connectivity index (χ0n) is 14.7. The Bertz CT molecular complexity index is 1040. The van der Waals surface area contributed by atoms with Gasteiger partial charge in [0.2, 0.25) is 0 Å². The van der Waals surface area contributed by atoms with Crippen molar-refractivity contribution >= 4 is 17.3 Å². The highest BCUT2D eigenvalue weighted by Crippen LogP contribution is 2.22. The molecule has 26 heavy (non-hydrogen) atoms. The molecule has 4 aromatic rings. The van der Waals surface area contributed by atoms with E-state index in [2.05, 4.69) is 32.5 Å². The molecule has 2 heterocycles. The average Bonchev–Trinajstić information content (AvgIpc) is 3.05. The fraction of sp³-hybridized carbons (Fsp3) is 0.150. The number of hydrogen-bond acceptors (Lipinski definition) is 5. The summed E-state index contributed by atoms with van der Waals surface area (Å²) >= 11 is 0. The summed E-state index contributed by atoms with van der Waals surface area (Å²) < 4.78 is 7.03. The summed E-state index contributed by atoms with van der Waals surface area (Å²) in [5.74, 6) is 2.93. The lowest BCUT2D eigenvalue weighted by molar-refractivity contribution is 0.415. The molecule has 6 heteroatoms. The molecule has 0 amide bonds. The Kier molecular flexibility index (Phi) is 4.23. The highest BCUT2D eigenvalue weighted by Gasteiger charge is 2.11. The third-order valence-electron chi connectivity index (χ3n) is 4.03. The first-order valence-electron chi connectivity index (χ1n) is 8.39. The molecule has 0 fully saturated rings. The molecule has 0 radical (unpaired) electrons. The molecule has 0 spiro atoms. The van der Waals surface area contributed by atoms with Gasteiger partial charge in [0.1, 0.15) is 11.6 Å². The van der Waals surface area contributed by atoms with Crippen LogP contribution >= 0.6 is 0 Å². The van der Waals surface area contributed by atoms with Gasteiger partial charge >= 0.3 is 0 Å². The smallest absolute Gasteiger partial charge is 0.254 e. The Balaban J connectivity index is 1.69. The predicted molar refractivity (Wildman–Crippen MR) is 101 cm³/mol. The van der Waals surface area contributed by atoms with Crippen molar-refractivity contribution in [2.45, 2.75) is 13.3 Å². The molecule has 6 nitrogen and oxygen atoms in total. The van der Waals surface area contributed by atoms with E-state index >= 15 is 0 Å². The number of nitrogens with one attached hydrogen (secondary N) is 1. The van der Waals surface area contributed by atoms with Crippen LogP contribution in [0.15, 0.2) is 60.7 Å². The number of aryl methyl sites for hydroxylation is 1. The minimum atomic E-state index is 0.585. The maximum atomic E-state index is 5.29. The third-order valence-corrected chi connectivity index (χ3v) is 4.03. The van der Waals surface area contributed by atoms with E-state index in [4.69, 9.17) is 4.74 Å². The molecule has 0 saturated carbocycles. The van der Waals surface area contributed by atoms with Gasteiger partial charge in [-0.1, -0.05) is 36.4 Å². The Hall–Kier alpha value is -3.41. The SMILES string of the molecule is COc1cccc(Nc2cc(C)nc3nc(Cc4ccccc4)nn23)c1. The van der Waals surface area contributed by atoms with Gasteiger partial charge in [0.05, 0.1) is 7.11 Å². The van der Waals surface area contributed by atoms with E-state index in [1.165, 1.54) is 5.56 Å². The second-order valence-corrected chi connectivity index (χ2v) is 6.04. The zero-order valence-corrected chi connectivity index (χ0v) is 14.7. The maximum absolute atomic E-state index is 5.29. The summed E-state index contributed by atoms with van der Waals surface area (Å²) in [7, 11) is 1.65.